The molecule has 19 heteroatoms. The number of aromatic nitrogens is 1. The summed E-state index contributed by atoms with van der Waals surface area (Å²) >= 11 is 2.96. The van der Waals surface area contributed by atoms with Gasteiger partial charge in [-0.3, -0.25) is 24.0 Å². The number of hydrogen-bond donors (Lipinski definition) is 2. The monoisotopic (exact) mass is 859 g/mol. The van der Waals surface area contributed by atoms with Gasteiger partial charge >= 0.3 is 18.0 Å². The van der Waals surface area contributed by atoms with Crippen LogP contribution in [0.1, 0.15) is 52.8 Å². The summed E-state index contributed by atoms with van der Waals surface area (Å²) in [6.07, 6.45) is -0.787. The van der Waals surface area contributed by atoms with Crippen molar-refractivity contribution in [2.45, 2.75) is 70.8 Å². The number of oxime groups is 1. The zero-order valence-electron chi connectivity index (χ0n) is 28.9. The van der Waals surface area contributed by atoms with E-state index in [4.69, 9.17) is 23.8 Å². The Kier molecular flexibility index (Phi) is 12.8. The zero-order chi connectivity index (χ0) is 37.7. The van der Waals surface area contributed by atoms with Crippen LogP contribution >= 0.6 is 33.9 Å². The van der Waals surface area contributed by atoms with Crippen molar-refractivity contribution in [1.82, 2.24) is 15.2 Å². The molecule has 2 aliphatic heterocycles. The summed E-state index contributed by atoms with van der Waals surface area (Å²) in [4.78, 5) is 75.5. The Morgan fingerprint density at radius 2 is 1.75 bits per heavy atom. The summed E-state index contributed by atoms with van der Waals surface area (Å²) in [5, 5.41) is 9.17. The molecule has 2 aliphatic rings. The lowest BCUT2D eigenvalue weighted by Crippen LogP contribution is -2.74. The third kappa shape index (κ3) is 10.5. The lowest BCUT2D eigenvalue weighted by molar-refractivity contribution is -0.160. The Morgan fingerprint density at radius 1 is 1.08 bits per heavy atom. The summed E-state index contributed by atoms with van der Waals surface area (Å²) in [5.74, 6) is -2.59. The minimum atomic E-state index is -1.70. The van der Waals surface area contributed by atoms with Gasteiger partial charge in [-0.25, -0.2) is 19.4 Å². The van der Waals surface area contributed by atoms with Crippen LogP contribution in [0.25, 0.3) is 0 Å². The molecule has 2 aromatic rings. The standard InChI is InChI=1S/C32H38IN5O11S2/c1-31(2,3)48-21(39)14-47-37-22(20-15-50-29(34-20)36-30(43)49-32(4,5)6)25(40)35-23-26(41)38-24(18(12-33)16-51(44)27(23)38)28(42)46-13-17-8-10-19(45-7)11-9-17/h8-11,15,23,27H,12-14,16H2,1-7H3,(H,35,40)(H,34,36,43)/b37-22-/t23-,27-,51?/m1/s1. The molecule has 1 aromatic heterocycles. The average molecular weight is 860 g/mol. The molecule has 16 nitrogen and oxygen atoms in total. The molecule has 51 heavy (non-hydrogen) atoms. The number of amides is 3. The molecule has 3 heterocycles. The van der Waals surface area contributed by atoms with Gasteiger partial charge < -0.3 is 29.1 Å². The van der Waals surface area contributed by atoms with E-state index in [2.05, 4.69) is 20.8 Å². The highest BCUT2D eigenvalue weighted by molar-refractivity contribution is 14.1. The number of methoxy groups -OCH3 is 1. The lowest BCUT2D eigenvalue weighted by atomic mass is 10.0. The van der Waals surface area contributed by atoms with Crippen molar-refractivity contribution in [1.29, 1.82) is 0 Å². The number of carbonyl (C=O) groups excluding carboxylic acids is 5. The van der Waals surface area contributed by atoms with Crippen LogP contribution in [0.5, 0.6) is 5.75 Å². The number of benzene rings is 1. The van der Waals surface area contributed by atoms with Gasteiger partial charge in [-0.2, -0.15) is 0 Å². The zero-order valence-corrected chi connectivity index (χ0v) is 32.7. The fourth-order valence-electron chi connectivity index (χ4n) is 4.65. The molecule has 0 bridgehead atoms. The van der Waals surface area contributed by atoms with E-state index >= 15 is 0 Å². The van der Waals surface area contributed by atoms with Crippen LogP contribution in [0.4, 0.5) is 9.93 Å². The van der Waals surface area contributed by atoms with Crippen molar-refractivity contribution >= 4 is 85.4 Å². The molecule has 1 saturated heterocycles. The maximum Gasteiger partial charge on any atom is 0.413 e. The van der Waals surface area contributed by atoms with Crippen LogP contribution in [0.15, 0.2) is 46.1 Å². The Bertz CT molecular complexity index is 1760. The number of esters is 2. The van der Waals surface area contributed by atoms with E-state index in [0.29, 0.717) is 21.3 Å². The Morgan fingerprint density at radius 3 is 2.35 bits per heavy atom. The van der Waals surface area contributed by atoms with E-state index in [-0.39, 0.29) is 28.9 Å². The summed E-state index contributed by atoms with van der Waals surface area (Å²) in [6, 6.07) is 5.58. The normalized spacial score (nSPS) is 19.0. The summed E-state index contributed by atoms with van der Waals surface area (Å²) < 4.78 is 34.8. The van der Waals surface area contributed by atoms with Crippen LogP contribution in [0.3, 0.4) is 0 Å². The van der Waals surface area contributed by atoms with Crippen molar-refractivity contribution < 1.29 is 52.0 Å². The summed E-state index contributed by atoms with van der Waals surface area (Å²) in [5.41, 5.74) is -0.991. The van der Waals surface area contributed by atoms with Gasteiger partial charge in [0.25, 0.3) is 11.8 Å². The second-order valence-electron chi connectivity index (χ2n) is 13.0. The molecule has 0 saturated carbocycles. The molecule has 1 aromatic carbocycles. The number of rotatable bonds is 12. The first-order valence-electron chi connectivity index (χ1n) is 15.4. The smallest absolute Gasteiger partial charge is 0.413 e. The number of β-lactam (4-membered cyclic amide) rings is 1. The lowest BCUT2D eigenvalue weighted by Gasteiger charge is -2.49. The highest BCUT2D eigenvalue weighted by Gasteiger charge is 2.57. The molecule has 1 fully saturated rings. The number of anilines is 1. The van der Waals surface area contributed by atoms with Crippen LogP contribution in [-0.4, -0.2) is 96.2 Å². The second-order valence-corrected chi connectivity index (χ2v) is 16.2. The fourth-order valence-corrected chi connectivity index (χ4v) is 8.01. The predicted molar refractivity (Wildman–Crippen MR) is 195 cm³/mol. The maximum absolute atomic E-state index is 13.7. The third-order valence-corrected chi connectivity index (χ3v) is 10.0. The first-order valence-corrected chi connectivity index (χ1v) is 19.2. The van der Waals surface area contributed by atoms with Crippen LogP contribution < -0.4 is 15.4 Å². The van der Waals surface area contributed by atoms with Crippen LogP contribution in [0.2, 0.25) is 0 Å². The number of halogens is 1. The maximum atomic E-state index is 13.7. The van der Waals surface area contributed by atoms with Gasteiger partial charge in [0.1, 0.15) is 46.4 Å². The van der Waals surface area contributed by atoms with Crippen molar-refractivity contribution in [2.75, 3.05) is 29.2 Å². The minimum absolute atomic E-state index is 0.0232. The van der Waals surface area contributed by atoms with Crippen molar-refractivity contribution in [3.8, 4) is 5.75 Å². The largest absolute Gasteiger partial charge is 0.497 e. The molecule has 3 amide bonds. The van der Waals surface area contributed by atoms with Gasteiger partial charge in [-0.1, -0.05) is 39.9 Å². The SMILES string of the molecule is COc1ccc(COC(=O)C2=C(CI)CS(=O)[C@@H]3[C@H](NC(=O)/C(=N\OCC(=O)OC(C)(C)C)c4csc(NC(=O)OC(C)(C)C)n4)C(=O)N23)cc1. The molecule has 0 aliphatic carbocycles. The number of hydrogen-bond acceptors (Lipinski definition) is 14. The van der Waals surface area contributed by atoms with Crippen molar-refractivity contribution in [2.24, 2.45) is 5.16 Å². The van der Waals surface area contributed by atoms with Crippen LogP contribution in [0, 0.1) is 0 Å². The minimum Gasteiger partial charge on any atom is -0.497 e. The van der Waals surface area contributed by atoms with E-state index in [9.17, 15) is 28.2 Å². The molecule has 1 unspecified atom stereocenters. The molecule has 276 valence electrons. The van der Waals surface area contributed by atoms with Gasteiger partial charge in [-0.05, 0) is 64.8 Å². The average Bonchev–Trinajstić information content (AvgIpc) is 3.49. The highest BCUT2D eigenvalue weighted by atomic mass is 127. The molecule has 3 atom stereocenters. The van der Waals surface area contributed by atoms with Gasteiger partial charge in [0, 0.05) is 9.81 Å². The van der Waals surface area contributed by atoms with Gasteiger partial charge in [0.2, 0.25) is 6.61 Å². The van der Waals surface area contributed by atoms with Crippen molar-refractivity contribution in [3.63, 3.8) is 0 Å². The molecule has 0 radical (unpaired) electrons. The van der Waals surface area contributed by atoms with E-state index in [1.807, 2.05) is 22.6 Å². The number of ether oxygens (including phenoxy) is 4. The number of alkyl halides is 1. The van der Waals surface area contributed by atoms with Gasteiger partial charge in [0.05, 0.1) is 23.7 Å². The van der Waals surface area contributed by atoms with E-state index in [1.54, 1.807) is 65.8 Å². The number of carbonyl (C=O) groups is 5. The Balaban J connectivity index is 1.52. The number of nitrogens with one attached hydrogen (secondary N) is 2. The predicted octanol–water partition coefficient (Wildman–Crippen LogP) is 3.41. The topological polar surface area (TPSA) is 201 Å². The number of fused-ring (bicyclic) bond motifs is 1. The Labute approximate surface area is 314 Å². The molecular weight excluding hydrogens is 821 g/mol. The van der Waals surface area contributed by atoms with E-state index < -0.39 is 75.6 Å². The fraction of sp³-hybridized carbons (Fsp3) is 0.469. The number of nitrogens with zero attached hydrogens (tertiary/aromatic N) is 3. The van der Waals surface area contributed by atoms with E-state index in [1.165, 1.54) is 12.5 Å². The van der Waals surface area contributed by atoms with Gasteiger partial charge in [0.15, 0.2) is 10.8 Å². The highest BCUT2D eigenvalue weighted by Crippen LogP contribution is 2.36. The molecule has 4 rings (SSSR count). The summed E-state index contributed by atoms with van der Waals surface area (Å²) in [7, 11) is -0.164. The molecular formula is C32H38IN5O11S2. The Hall–Kier alpha value is -4.11. The summed E-state index contributed by atoms with van der Waals surface area (Å²) in [6.45, 7) is 9.32. The molecule has 2 N–H and O–H groups in total. The third-order valence-electron chi connectivity index (χ3n) is 6.70. The quantitative estimate of drug-likeness (QED) is 0.0601. The number of thiazole rings is 1. The van der Waals surface area contributed by atoms with Crippen LogP contribution in [-0.2, 0) is 55.6 Å². The molecule has 0 spiro atoms. The first-order chi connectivity index (χ1) is 23.9. The van der Waals surface area contributed by atoms with E-state index in [0.717, 1.165) is 16.2 Å². The van der Waals surface area contributed by atoms with Gasteiger partial charge in [-0.15, -0.1) is 11.3 Å². The second kappa shape index (κ2) is 16.5. The van der Waals surface area contributed by atoms with Crippen molar-refractivity contribution in [3.05, 3.63) is 52.2 Å². The first kappa shape index (κ1) is 39.7.